The monoisotopic (exact) mass is 484 g/mol. The van der Waals surface area contributed by atoms with Crippen LogP contribution in [0.5, 0.6) is 11.5 Å². The lowest BCUT2D eigenvalue weighted by atomic mass is 10.1. The van der Waals surface area contributed by atoms with E-state index in [1.165, 1.54) is 10.6 Å². The third kappa shape index (κ3) is 6.19. The highest BCUT2D eigenvalue weighted by atomic mass is 127. The van der Waals surface area contributed by atoms with Crippen LogP contribution in [0, 0.1) is 5.92 Å². The Bertz CT molecular complexity index is 711. The first-order chi connectivity index (χ1) is 11.3. The highest BCUT2D eigenvalue weighted by molar-refractivity contribution is 14.0. The molecule has 0 spiro atoms. The maximum Gasteiger partial charge on any atom is 0.211 e. The molecule has 1 unspecified atom stereocenters. The summed E-state index contributed by atoms with van der Waals surface area (Å²) in [6, 6.07) is 5.33. The molecule has 1 aromatic carbocycles. The van der Waals surface area contributed by atoms with Crippen molar-refractivity contribution in [2.45, 2.75) is 6.42 Å². The molecule has 1 aromatic rings. The lowest BCUT2D eigenvalue weighted by molar-refractivity contribution is 0.405. The Balaban J connectivity index is 0.00000312. The summed E-state index contributed by atoms with van der Waals surface area (Å²) in [7, 11) is 0.0164. The normalized spacial score (nSPS) is 18.5. The molecular formula is C15H25IN4O4S. The zero-order valence-electron chi connectivity index (χ0n) is 14.6. The largest absolute Gasteiger partial charge is 0.497 e. The molecule has 0 radical (unpaired) electrons. The molecule has 1 aliphatic heterocycles. The molecule has 0 amide bonds. The molecule has 8 nitrogen and oxygen atoms in total. The molecule has 25 heavy (non-hydrogen) atoms. The third-order valence-corrected chi connectivity index (χ3v) is 5.18. The Morgan fingerprint density at radius 2 is 2.12 bits per heavy atom. The number of hydrogen-bond acceptors (Lipinski definition) is 5. The number of anilines is 1. The van der Waals surface area contributed by atoms with Gasteiger partial charge in [-0.3, -0.25) is 4.99 Å². The second-order valence-electron chi connectivity index (χ2n) is 5.69. The molecule has 0 aromatic heterocycles. The van der Waals surface area contributed by atoms with Gasteiger partial charge in [-0.25, -0.2) is 12.7 Å². The molecule has 1 saturated heterocycles. The van der Waals surface area contributed by atoms with E-state index >= 15 is 0 Å². The first-order valence-corrected chi connectivity index (χ1v) is 9.42. The van der Waals surface area contributed by atoms with E-state index in [4.69, 9.17) is 15.2 Å². The van der Waals surface area contributed by atoms with Gasteiger partial charge in [-0.1, -0.05) is 0 Å². The summed E-state index contributed by atoms with van der Waals surface area (Å²) in [6.07, 6.45) is 2.01. The molecule has 0 aliphatic carbocycles. The highest BCUT2D eigenvalue weighted by Gasteiger charge is 2.28. The Morgan fingerprint density at radius 1 is 1.40 bits per heavy atom. The number of hydrogen-bond donors (Lipinski definition) is 2. The van der Waals surface area contributed by atoms with E-state index in [0.29, 0.717) is 36.8 Å². The van der Waals surface area contributed by atoms with Crippen LogP contribution in [0.15, 0.2) is 23.2 Å². The van der Waals surface area contributed by atoms with Crippen LogP contribution >= 0.6 is 24.0 Å². The standard InChI is InChI=1S/C15H24N4O4S.HI/c1-22-12-4-5-14(23-2)13(8-12)18-15(16)17-9-11-6-7-19(10-11)24(3,20)21;/h4-5,8,11H,6-7,9-10H2,1-3H3,(H3,16,17,18);1H. The minimum absolute atomic E-state index is 0. The fraction of sp³-hybridized carbons (Fsp3) is 0.533. The van der Waals surface area contributed by atoms with Gasteiger partial charge in [0.1, 0.15) is 11.5 Å². The van der Waals surface area contributed by atoms with Gasteiger partial charge >= 0.3 is 0 Å². The second kappa shape index (κ2) is 9.43. The first-order valence-electron chi connectivity index (χ1n) is 7.57. The van der Waals surface area contributed by atoms with Gasteiger partial charge in [0.15, 0.2) is 5.96 Å². The van der Waals surface area contributed by atoms with Gasteiger partial charge in [-0.2, -0.15) is 0 Å². The van der Waals surface area contributed by atoms with E-state index in [9.17, 15) is 8.42 Å². The van der Waals surface area contributed by atoms with Crippen molar-refractivity contribution in [3.05, 3.63) is 18.2 Å². The van der Waals surface area contributed by atoms with Crippen LogP contribution in [0.1, 0.15) is 6.42 Å². The fourth-order valence-corrected chi connectivity index (χ4v) is 3.48. The number of guanidine groups is 1. The summed E-state index contributed by atoms with van der Waals surface area (Å²) in [5.74, 6) is 1.72. The summed E-state index contributed by atoms with van der Waals surface area (Å²) < 4.78 is 35.0. The molecule has 2 rings (SSSR count). The second-order valence-corrected chi connectivity index (χ2v) is 7.68. The number of rotatable bonds is 6. The van der Waals surface area contributed by atoms with Gasteiger partial charge in [0.05, 0.1) is 26.2 Å². The van der Waals surface area contributed by atoms with Gasteiger partial charge in [0.2, 0.25) is 10.0 Å². The summed E-state index contributed by atoms with van der Waals surface area (Å²) >= 11 is 0. The maximum atomic E-state index is 11.5. The first kappa shape index (κ1) is 21.8. The predicted molar refractivity (Wildman–Crippen MR) is 110 cm³/mol. The quantitative estimate of drug-likeness (QED) is 0.359. The van der Waals surface area contributed by atoms with Crippen LogP contribution < -0.4 is 20.5 Å². The number of methoxy groups -OCH3 is 2. The smallest absolute Gasteiger partial charge is 0.211 e. The number of benzene rings is 1. The highest BCUT2D eigenvalue weighted by Crippen LogP contribution is 2.28. The van der Waals surface area contributed by atoms with Gasteiger partial charge in [0.25, 0.3) is 0 Å². The van der Waals surface area contributed by atoms with Gasteiger partial charge in [0, 0.05) is 25.7 Å². The topological polar surface area (TPSA) is 106 Å². The van der Waals surface area contributed by atoms with Gasteiger partial charge in [-0.05, 0) is 24.5 Å². The van der Waals surface area contributed by atoms with Crippen molar-refractivity contribution in [1.29, 1.82) is 0 Å². The van der Waals surface area contributed by atoms with Crippen LogP contribution in [0.25, 0.3) is 0 Å². The number of nitrogens with one attached hydrogen (secondary N) is 1. The fourth-order valence-electron chi connectivity index (χ4n) is 2.56. The number of nitrogens with two attached hydrogens (primary N) is 1. The molecule has 0 bridgehead atoms. The molecule has 10 heteroatoms. The number of nitrogens with zero attached hydrogens (tertiary/aromatic N) is 2. The van der Waals surface area contributed by atoms with Gasteiger partial charge < -0.3 is 20.5 Å². The summed E-state index contributed by atoms with van der Waals surface area (Å²) in [5, 5.41) is 2.99. The van der Waals surface area contributed by atoms with Crippen molar-refractivity contribution in [2.24, 2.45) is 16.6 Å². The van der Waals surface area contributed by atoms with E-state index in [1.54, 1.807) is 32.4 Å². The van der Waals surface area contributed by atoms with E-state index in [0.717, 1.165) is 6.42 Å². The van der Waals surface area contributed by atoms with Crippen molar-refractivity contribution >= 4 is 45.6 Å². The van der Waals surface area contributed by atoms with E-state index < -0.39 is 10.0 Å². The maximum absolute atomic E-state index is 11.5. The van der Waals surface area contributed by atoms with Crippen molar-refractivity contribution in [3.8, 4) is 11.5 Å². The lowest BCUT2D eigenvalue weighted by Gasteiger charge is -2.13. The average Bonchev–Trinajstić information content (AvgIpc) is 3.02. The SMILES string of the molecule is COc1ccc(OC)c(NC(N)=NCC2CCN(S(C)(=O)=O)C2)c1.I. The van der Waals surface area contributed by atoms with Crippen LogP contribution in [0.2, 0.25) is 0 Å². The van der Waals surface area contributed by atoms with E-state index in [-0.39, 0.29) is 35.9 Å². The van der Waals surface area contributed by atoms with Crippen LogP contribution in [-0.2, 0) is 10.0 Å². The van der Waals surface area contributed by atoms with Crippen molar-refractivity contribution in [3.63, 3.8) is 0 Å². The third-order valence-electron chi connectivity index (χ3n) is 3.91. The van der Waals surface area contributed by atoms with Crippen LogP contribution in [0.3, 0.4) is 0 Å². The summed E-state index contributed by atoms with van der Waals surface area (Å²) in [5.41, 5.74) is 6.58. The number of sulfonamides is 1. The summed E-state index contributed by atoms with van der Waals surface area (Å²) in [4.78, 5) is 4.31. The molecule has 1 heterocycles. The summed E-state index contributed by atoms with van der Waals surface area (Å²) in [6.45, 7) is 1.49. The van der Waals surface area contributed by atoms with Crippen LogP contribution in [-0.4, -0.2) is 58.8 Å². The van der Waals surface area contributed by atoms with E-state index in [2.05, 4.69) is 10.3 Å². The number of ether oxygens (including phenoxy) is 2. The zero-order valence-corrected chi connectivity index (χ0v) is 17.7. The van der Waals surface area contributed by atoms with E-state index in [1.807, 2.05) is 0 Å². The van der Waals surface area contributed by atoms with Gasteiger partial charge in [-0.15, -0.1) is 24.0 Å². The number of halogens is 1. The van der Waals surface area contributed by atoms with Crippen molar-refractivity contribution < 1.29 is 17.9 Å². The van der Waals surface area contributed by atoms with Crippen molar-refractivity contribution in [1.82, 2.24) is 4.31 Å². The minimum Gasteiger partial charge on any atom is -0.497 e. The molecule has 1 atom stereocenters. The Morgan fingerprint density at radius 3 is 2.68 bits per heavy atom. The lowest BCUT2D eigenvalue weighted by Crippen LogP contribution is -2.28. The Kier molecular flexibility index (Phi) is 8.22. The molecule has 3 N–H and O–H groups in total. The number of aliphatic imine (C=N–C) groups is 1. The molecule has 1 fully saturated rings. The molecule has 0 saturated carbocycles. The predicted octanol–water partition coefficient (Wildman–Crippen LogP) is 1.33. The minimum atomic E-state index is -3.13. The Hall–Kier alpha value is -1.27. The van der Waals surface area contributed by atoms with Crippen LogP contribution in [0.4, 0.5) is 5.69 Å². The average molecular weight is 484 g/mol. The molecule has 1 aliphatic rings. The molecular weight excluding hydrogens is 459 g/mol. The molecule has 142 valence electrons. The Labute approximate surface area is 165 Å². The van der Waals surface area contributed by atoms with Crippen molar-refractivity contribution in [2.75, 3.05) is 45.4 Å². The zero-order chi connectivity index (χ0) is 17.7.